The van der Waals surface area contributed by atoms with Crippen molar-refractivity contribution in [2.75, 3.05) is 26.2 Å². The van der Waals surface area contributed by atoms with Crippen LogP contribution in [0.15, 0.2) is 36.4 Å². The van der Waals surface area contributed by atoms with Crippen LogP contribution in [0.5, 0.6) is 5.75 Å². The minimum absolute atomic E-state index is 0.0684. The van der Waals surface area contributed by atoms with Gasteiger partial charge in [0.2, 0.25) is 5.91 Å². The molecule has 1 atom stereocenters. The second-order valence-electron chi connectivity index (χ2n) is 11.8. The van der Waals surface area contributed by atoms with Crippen molar-refractivity contribution in [3.63, 3.8) is 0 Å². The van der Waals surface area contributed by atoms with Gasteiger partial charge in [-0.15, -0.1) is 15.0 Å². The molecular weight excluding hydrogens is 486 g/mol. The predicted octanol–water partition coefficient (Wildman–Crippen LogP) is 5.13. The molecule has 2 aromatic carbocycles. The Balaban J connectivity index is 1.53. The van der Waals surface area contributed by atoms with E-state index in [9.17, 15) is 9.90 Å². The highest BCUT2D eigenvalue weighted by Gasteiger charge is 2.23. The zero-order chi connectivity index (χ0) is 28.3. The second kappa shape index (κ2) is 15.0. The highest BCUT2D eigenvalue weighted by atomic mass is 16.3. The van der Waals surface area contributed by atoms with Gasteiger partial charge in [-0.25, -0.2) is 0 Å². The van der Waals surface area contributed by atoms with Gasteiger partial charge in [0.1, 0.15) is 22.5 Å². The van der Waals surface area contributed by atoms with E-state index in [-0.39, 0.29) is 17.1 Å². The molecule has 0 radical (unpaired) electrons. The summed E-state index contributed by atoms with van der Waals surface area (Å²) in [5, 5.41) is 23.4. The number of rotatable bonds is 16. The average Bonchev–Trinajstić information content (AvgIpc) is 3.34. The summed E-state index contributed by atoms with van der Waals surface area (Å²) in [6.07, 6.45) is 10.0. The molecule has 7 heteroatoms. The fraction of sp³-hybridized carbons (Fsp3) is 0.594. The number of quaternary nitrogens is 1. The highest BCUT2D eigenvalue weighted by molar-refractivity contribution is 5.76. The predicted molar refractivity (Wildman–Crippen MR) is 160 cm³/mol. The van der Waals surface area contributed by atoms with Gasteiger partial charge in [0.05, 0.1) is 19.6 Å². The van der Waals surface area contributed by atoms with Crippen LogP contribution in [0, 0.1) is 0 Å². The second-order valence-corrected chi connectivity index (χ2v) is 11.8. The summed E-state index contributed by atoms with van der Waals surface area (Å²) in [7, 11) is 0. The van der Waals surface area contributed by atoms with Gasteiger partial charge < -0.3 is 15.3 Å². The molecular formula is C32H50N5O2+. The lowest BCUT2D eigenvalue weighted by atomic mass is 9.84. The monoisotopic (exact) mass is 536 g/mol. The van der Waals surface area contributed by atoms with Crippen LogP contribution in [0.2, 0.25) is 0 Å². The van der Waals surface area contributed by atoms with Gasteiger partial charge in [0.15, 0.2) is 0 Å². The minimum Gasteiger partial charge on any atom is -0.505 e. The van der Waals surface area contributed by atoms with E-state index in [2.05, 4.69) is 50.1 Å². The Kier molecular flexibility index (Phi) is 11.8. The Morgan fingerprint density at radius 1 is 0.949 bits per heavy atom. The Hall–Kier alpha value is -2.93. The van der Waals surface area contributed by atoms with Crippen LogP contribution in [-0.2, 0) is 16.6 Å². The molecule has 1 unspecified atom stereocenters. The Labute approximate surface area is 235 Å². The van der Waals surface area contributed by atoms with Crippen LogP contribution in [0.3, 0.4) is 0 Å². The molecule has 39 heavy (non-hydrogen) atoms. The summed E-state index contributed by atoms with van der Waals surface area (Å²) < 4.78 is 0. The Morgan fingerprint density at radius 3 is 2.23 bits per heavy atom. The number of nitrogens with zero attached hydrogens (tertiary/aromatic N) is 3. The maximum absolute atomic E-state index is 12.7. The molecule has 0 saturated carbocycles. The van der Waals surface area contributed by atoms with E-state index in [0.29, 0.717) is 18.5 Å². The number of unbranched alkanes of at least 4 members (excludes halogenated alkanes) is 5. The molecule has 7 nitrogen and oxygen atoms in total. The maximum atomic E-state index is 12.7. The van der Waals surface area contributed by atoms with E-state index in [1.54, 1.807) is 4.90 Å². The first-order valence-electron chi connectivity index (χ1n) is 15.0. The number of amides is 1. The fourth-order valence-corrected chi connectivity index (χ4v) is 5.06. The van der Waals surface area contributed by atoms with E-state index < -0.39 is 0 Å². The van der Waals surface area contributed by atoms with Crippen LogP contribution in [-0.4, -0.2) is 52.2 Å². The molecule has 214 valence electrons. The normalized spacial score (nSPS) is 12.6. The fourth-order valence-electron chi connectivity index (χ4n) is 5.06. The number of fused-ring (bicyclic) bond motifs is 1. The number of carbonyl (C=O) groups is 1. The summed E-state index contributed by atoms with van der Waals surface area (Å²) in [5.74, 6) is 0.249. The molecule has 3 aromatic rings. The first kappa shape index (κ1) is 30.6. The number of phenolic OH excluding ortho intramolecular Hbond substituents is 1. The summed E-state index contributed by atoms with van der Waals surface area (Å²) in [4.78, 5) is 15.8. The van der Waals surface area contributed by atoms with Gasteiger partial charge in [0, 0.05) is 24.9 Å². The topological polar surface area (TPSA) is 84.5 Å². The Morgan fingerprint density at radius 2 is 1.59 bits per heavy atom. The molecule has 0 saturated heterocycles. The molecule has 0 aliphatic carbocycles. The quantitative estimate of drug-likeness (QED) is 0.222. The lowest BCUT2D eigenvalue weighted by Crippen LogP contribution is -3.11. The molecule has 0 fully saturated rings. The summed E-state index contributed by atoms with van der Waals surface area (Å²) in [5.41, 5.74) is 3.63. The van der Waals surface area contributed by atoms with Gasteiger partial charge >= 0.3 is 0 Å². The van der Waals surface area contributed by atoms with Crippen molar-refractivity contribution >= 4 is 16.9 Å². The largest absolute Gasteiger partial charge is 0.505 e. The molecule has 0 bridgehead atoms. The van der Waals surface area contributed by atoms with Crippen molar-refractivity contribution in [2.45, 2.75) is 97.8 Å². The number of hydrogen-bond donors (Lipinski definition) is 3. The number of carbonyl (C=O) groups excluding carboxylic acids is 1. The molecule has 3 N–H and O–H groups in total. The van der Waals surface area contributed by atoms with Gasteiger partial charge in [-0.05, 0) is 55.4 Å². The third-order valence-corrected chi connectivity index (χ3v) is 7.51. The van der Waals surface area contributed by atoms with Crippen LogP contribution in [0.1, 0.15) is 97.1 Å². The number of aromatic hydroxyl groups is 1. The smallest absolute Gasteiger partial charge is 0.220 e. The van der Waals surface area contributed by atoms with Crippen molar-refractivity contribution in [2.24, 2.45) is 0 Å². The third-order valence-electron chi connectivity index (χ3n) is 7.51. The number of hydrogen-bond acceptors (Lipinski definition) is 4. The first-order valence-corrected chi connectivity index (χ1v) is 15.0. The summed E-state index contributed by atoms with van der Waals surface area (Å²) in [6, 6.07) is 11.6. The van der Waals surface area contributed by atoms with Crippen molar-refractivity contribution in [3.05, 3.63) is 47.5 Å². The van der Waals surface area contributed by atoms with Gasteiger partial charge in [0.25, 0.3) is 0 Å². The van der Waals surface area contributed by atoms with E-state index in [0.717, 1.165) is 48.2 Å². The van der Waals surface area contributed by atoms with Crippen molar-refractivity contribution in [3.8, 4) is 11.4 Å². The van der Waals surface area contributed by atoms with E-state index in [4.69, 9.17) is 0 Å². The average molecular weight is 537 g/mol. The number of nitrogens with one attached hydrogen (secondary N) is 2. The summed E-state index contributed by atoms with van der Waals surface area (Å²) in [6.45, 7) is 14.9. The SMILES string of the molecule is CCCCCCCC[NH+](CC)CCCNC(=O)CCc1cc(-n2nc3ccccc3n2)c(O)c(C(C)(C)C)c1. The molecule has 0 spiro atoms. The third kappa shape index (κ3) is 9.34. The summed E-state index contributed by atoms with van der Waals surface area (Å²) >= 11 is 0. The van der Waals surface area contributed by atoms with Crippen LogP contribution in [0.4, 0.5) is 0 Å². The molecule has 1 heterocycles. The number of benzene rings is 2. The highest BCUT2D eigenvalue weighted by Crippen LogP contribution is 2.36. The van der Waals surface area contributed by atoms with Crippen LogP contribution in [0.25, 0.3) is 16.7 Å². The molecule has 0 aliphatic rings. The molecule has 3 rings (SSSR count). The van der Waals surface area contributed by atoms with E-state index in [1.165, 1.54) is 49.9 Å². The van der Waals surface area contributed by atoms with Gasteiger partial charge in [-0.3, -0.25) is 4.79 Å². The molecule has 0 aliphatic heterocycles. The number of aryl methyl sites for hydroxylation is 1. The van der Waals surface area contributed by atoms with Crippen LogP contribution >= 0.6 is 0 Å². The van der Waals surface area contributed by atoms with Crippen molar-refractivity contribution in [1.82, 2.24) is 20.3 Å². The first-order chi connectivity index (χ1) is 18.7. The van der Waals surface area contributed by atoms with E-state index >= 15 is 0 Å². The van der Waals surface area contributed by atoms with Crippen molar-refractivity contribution < 1.29 is 14.8 Å². The minimum atomic E-state index is -0.271. The van der Waals surface area contributed by atoms with Crippen LogP contribution < -0.4 is 10.2 Å². The van der Waals surface area contributed by atoms with Gasteiger partial charge in [-0.1, -0.05) is 71.6 Å². The van der Waals surface area contributed by atoms with Gasteiger partial charge in [-0.2, -0.15) is 0 Å². The zero-order valence-electron chi connectivity index (χ0n) is 24.9. The lowest BCUT2D eigenvalue weighted by Gasteiger charge is -2.23. The standard InChI is InChI=1S/C32H49N5O2/c1-6-8-9-10-11-14-21-36(7-2)22-15-20-33-30(38)19-18-25-23-26(32(3,4)5)31(39)29(24-25)37-34-27-16-12-13-17-28(27)35-37/h12-13,16-17,23-24,39H,6-11,14-15,18-22H2,1-5H3,(H,33,38)/p+1. The zero-order valence-corrected chi connectivity index (χ0v) is 24.9. The molecule has 1 aromatic heterocycles. The number of phenols is 1. The Bertz CT molecular complexity index is 1150. The number of aromatic nitrogens is 3. The van der Waals surface area contributed by atoms with Crippen molar-refractivity contribution in [1.29, 1.82) is 0 Å². The molecule has 1 amide bonds. The lowest BCUT2D eigenvalue weighted by molar-refractivity contribution is -0.898. The van der Waals surface area contributed by atoms with E-state index in [1.807, 2.05) is 36.4 Å². The maximum Gasteiger partial charge on any atom is 0.220 e.